The number of rotatable bonds is 5. The molecule has 0 aliphatic carbocycles. The predicted octanol–water partition coefficient (Wildman–Crippen LogP) is -0.0476. The van der Waals surface area contributed by atoms with Gasteiger partial charge >= 0.3 is 0 Å². The fourth-order valence-electron chi connectivity index (χ4n) is 0.508. The Bertz CT molecular complexity index is 189. The highest BCUT2D eigenvalue weighted by Gasteiger charge is 2.15. The third-order valence-corrected chi connectivity index (χ3v) is 2.62. The molecule has 0 aromatic rings. The van der Waals surface area contributed by atoms with Gasteiger partial charge in [0, 0.05) is 5.88 Å². The molecule has 6 heteroatoms. The Labute approximate surface area is 71.2 Å². The Morgan fingerprint density at radius 2 is 2.18 bits per heavy atom. The second kappa shape index (κ2) is 4.92. The normalized spacial score (nSPS) is 14.8. The minimum Gasteiger partial charge on any atom is -0.391 e. The van der Waals surface area contributed by atoms with E-state index in [0.717, 1.165) is 0 Å². The molecular formula is C5H11ClO4S. The molecule has 0 amide bonds. The smallest absolute Gasteiger partial charge is 0.269 e. The van der Waals surface area contributed by atoms with Crippen molar-refractivity contribution in [3.63, 3.8) is 0 Å². The van der Waals surface area contributed by atoms with Crippen LogP contribution in [0.2, 0.25) is 0 Å². The lowest BCUT2D eigenvalue weighted by Gasteiger charge is -2.06. The molecule has 0 radical (unpaired) electrons. The average molecular weight is 203 g/mol. The first-order chi connectivity index (χ1) is 5.02. The van der Waals surface area contributed by atoms with E-state index in [9.17, 15) is 8.42 Å². The van der Waals surface area contributed by atoms with Gasteiger partial charge in [0.2, 0.25) is 0 Å². The highest BCUT2D eigenvalue weighted by Crippen LogP contribution is 1.98. The Hall–Kier alpha value is 0.160. The monoisotopic (exact) mass is 202 g/mol. The molecule has 1 N–H and O–H groups in total. The van der Waals surface area contributed by atoms with E-state index in [-0.39, 0.29) is 12.5 Å². The summed E-state index contributed by atoms with van der Waals surface area (Å²) in [6.07, 6.45) is -1.05. The highest BCUT2D eigenvalue weighted by molar-refractivity contribution is 7.86. The van der Waals surface area contributed by atoms with E-state index in [4.69, 9.17) is 16.7 Å². The molecule has 0 heterocycles. The molecular weight excluding hydrogens is 192 g/mol. The zero-order valence-electron chi connectivity index (χ0n) is 6.16. The van der Waals surface area contributed by atoms with Gasteiger partial charge in [0.1, 0.15) is 5.75 Å². The molecule has 0 saturated carbocycles. The molecule has 0 saturated heterocycles. The van der Waals surface area contributed by atoms with E-state index in [0.29, 0.717) is 0 Å². The van der Waals surface area contributed by atoms with Crippen LogP contribution in [-0.2, 0) is 14.3 Å². The van der Waals surface area contributed by atoms with Crippen molar-refractivity contribution >= 4 is 21.7 Å². The molecule has 11 heavy (non-hydrogen) atoms. The molecule has 0 bridgehead atoms. The van der Waals surface area contributed by atoms with Gasteiger partial charge in [0.05, 0.1) is 12.7 Å². The summed E-state index contributed by atoms with van der Waals surface area (Å²) >= 11 is 5.19. The minimum atomic E-state index is -3.58. The predicted molar refractivity (Wildman–Crippen MR) is 42.1 cm³/mol. The van der Waals surface area contributed by atoms with Crippen LogP contribution in [0.5, 0.6) is 0 Å². The molecule has 1 unspecified atom stereocenters. The number of halogens is 1. The third-order valence-electron chi connectivity index (χ3n) is 0.872. The standard InChI is InChI=1S/C5H11ClO4S/c1-2-10-11(8,9)4-5(7)3-6/h5,7H,2-4H2,1H3. The van der Waals surface area contributed by atoms with Crippen LogP contribution in [0.1, 0.15) is 6.92 Å². The largest absolute Gasteiger partial charge is 0.391 e. The first kappa shape index (κ1) is 11.2. The van der Waals surface area contributed by atoms with Crippen molar-refractivity contribution in [2.24, 2.45) is 0 Å². The molecule has 68 valence electrons. The first-order valence-corrected chi connectivity index (χ1v) is 5.24. The molecule has 0 aromatic heterocycles. The lowest BCUT2D eigenvalue weighted by molar-refractivity contribution is 0.214. The molecule has 1 atom stereocenters. The fraction of sp³-hybridized carbons (Fsp3) is 1.00. The van der Waals surface area contributed by atoms with Crippen molar-refractivity contribution in [2.45, 2.75) is 13.0 Å². The Kier molecular flexibility index (Phi) is 4.99. The van der Waals surface area contributed by atoms with E-state index < -0.39 is 22.0 Å². The van der Waals surface area contributed by atoms with Crippen LogP contribution < -0.4 is 0 Å². The maximum Gasteiger partial charge on any atom is 0.269 e. The lowest BCUT2D eigenvalue weighted by atomic mass is 10.5. The Morgan fingerprint density at radius 1 is 1.64 bits per heavy atom. The number of hydrogen-bond acceptors (Lipinski definition) is 4. The van der Waals surface area contributed by atoms with Crippen LogP contribution in [0.15, 0.2) is 0 Å². The summed E-state index contributed by atoms with van der Waals surface area (Å²) < 4.78 is 25.9. The average Bonchev–Trinajstić information content (AvgIpc) is 1.86. The number of aliphatic hydroxyl groups excluding tert-OH is 1. The third kappa shape index (κ3) is 5.43. The number of alkyl halides is 1. The van der Waals surface area contributed by atoms with Gasteiger partial charge in [-0.2, -0.15) is 8.42 Å². The molecule has 0 aromatic carbocycles. The van der Waals surface area contributed by atoms with Gasteiger partial charge in [-0.1, -0.05) is 0 Å². The highest BCUT2D eigenvalue weighted by atomic mass is 35.5. The summed E-state index contributed by atoms with van der Waals surface area (Å²) in [5.74, 6) is -0.545. The molecule has 0 aliphatic rings. The van der Waals surface area contributed by atoms with Gasteiger partial charge in [-0.05, 0) is 6.92 Å². The summed E-state index contributed by atoms with van der Waals surface area (Å²) in [4.78, 5) is 0. The van der Waals surface area contributed by atoms with Crippen LogP contribution in [0.25, 0.3) is 0 Å². The number of hydrogen-bond donors (Lipinski definition) is 1. The van der Waals surface area contributed by atoms with Crippen molar-refractivity contribution in [1.82, 2.24) is 0 Å². The summed E-state index contributed by atoms with van der Waals surface area (Å²) in [6, 6.07) is 0. The topological polar surface area (TPSA) is 63.6 Å². The molecule has 0 fully saturated rings. The van der Waals surface area contributed by atoms with Gasteiger partial charge < -0.3 is 5.11 Å². The fourth-order valence-corrected chi connectivity index (χ4v) is 1.79. The number of aliphatic hydroxyl groups is 1. The Balaban J connectivity index is 3.92. The second-order valence-electron chi connectivity index (χ2n) is 1.94. The van der Waals surface area contributed by atoms with Crippen LogP contribution in [0.4, 0.5) is 0 Å². The van der Waals surface area contributed by atoms with Gasteiger partial charge in [0.25, 0.3) is 10.1 Å². The molecule has 0 spiro atoms. The van der Waals surface area contributed by atoms with E-state index in [2.05, 4.69) is 4.18 Å². The minimum absolute atomic E-state index is 0.0807. The molecule has 0 aliphatic heterocycles. The molecule has 0 rings (SSSR count). The summed E-state index contributed by atoms with van der Waals surface area (Å²) in [5.41, 5.74) is 0. The molecule has 4 nitrogen and oxygen atoms in total. The van der Waals surface area contributed by atoms with Crippen molar-refractivity contribution in [2.75, 3.05) is 18.2 Å². The summed E-state index contributed by atoms with van der Waals surface area (Å²) in [5, 5.41) is 8.83. The SMILES string of the molecule is CCOS(=O)(=O)CC(O)CCl. The lowest BCUT2D eigenvalue weighted by Crippen LogP contribution is -2.23. The zero-order chi connectivity index (χ0) is 8.91. The van der Waals surface area contributed by atoms with Gasteiger partial charge in [-0.25, -0.2) is 0 Å². The van der Waals surface area contributed by atoms with Crippen LogP contribution >= 0.6 is 11.6 Å². The van der Waals surface area contributed by atoms with Gasteiger partial charge in [0.15, 0.2) is 0 Å². The van der Waals surface area contributed by atoms with Crippen LogP contribution in [-0.4, -0.2) is 37.9 Å². The zero-order valence-corrected chi connectivity index (χ0v) is 7.73. The van der Waals surface area contributed by atoms with E-state index >= 15 is 0 Å². The van der Waals surface area contributed by atoms with Crippen molar-refractivity contribution in [1.29, 1.82) is 0 Å². The Morgan fingerprint density at radius 3 is 2.55 bits per heavy atom. The summed E-state index contributed by atoms with van der Waals surface area (Å²) in [6.45, 7) is 1.64. The van der Waals surface area contributed by atoms with Crippen LogP contribution in [0, 0.1) is 0 Å². The van der Waals surface area contributed by atoms with Crippen molar-refractivity contribution in [3.8, 4) is 0 Å². The maximum absolute atomic E-state index is 10.8. The van der Waals surface area contributed by atoms with Gasteiger partial charge in [-0.15, -0.1) is 11.6 Å². The maximum atomic E-state index is 10.8. The second-order valence-corrected chi connectivity index (χ2v) is 3.93. The van der Waals surface area contributed by atoms with Gasteiger partial charge in [-0.3, -0.25) is 4.18 Å². The van der Waals surface area contributed by atoms with Crippen LogP contribution in [0.3, 0.4) is 0 Å². The van der Waals surface area contributed by atoms with E-state index in [1.165, 1.54) is 0 Å². The van der Waals surface area contributed by atoms with Crippen molar-refractivity contribution in [3.05, 3.63) is 0 Å². The summed E-state index contributed by atoms with van der Waals surface area (Å²) in [7, 11) is -3.58. The quantitative estimate of drug-likeness (QED) is 0.502. The van der Waals surface area contributed by atoms with E-state index in [1.54, 1.807) is 6.92 Å². The first-order valence-electron chi connectivity index (χ1n) is 3.13. The van der Waals surface area contributed by atoms with E-state index in [1.807, 2.05) is 0 Å². The van der Waals surface area contributed by atoms with Crippen molar-refractivity contribution < 1.29 is 17.7 Å².